The number of nitro groups is 1. The Bertz CT molecular complexity index is 714. The van der Waals surface area contributed by atoms with Crippen molar-refractivity contribution >= 4 is 23.1 Å². The number of hydrogen-bond donors (Lipinski definition) is 2. The van der Waals surface area contributed by atoms with Crippen molar-refractivity contribution < 1.29 is 19.9 Å². The summed E-state index contributed by atoms with van der Waals surface area (Å²) in [6.45, 7) is 0. The van der Waals surface area contributed by atoms with Crippen LogP contribution in [0, 0.1) is 10.1 Å². The molecule has 0 bridgehead atoms. The van der Waals surface area contributed by atoms with Crippen molar-refractivity contribution in [2.24, 2.45) is 0 Å². The number of ketones is 1. The molecular formula is C13H8ClNO5. The number of non-ortho nitro benzene ring substituents is 1. The number of rotatable bonds is 3. The van der Waals surface area contributed by atoms with Crippen LogP contribution in [-0.4, -0.2) is 20.9 Å². The van der Waals surface area contributed by atoms with Crippen LogP contribution in [0.4, 0.5) is 5.69 Å². The van der Waals surface area contributed by atoms with Crippen molar-refractivity contribution in [1.82, 2.24) is 0 Å². The average molecular weight is 294 g/mol. The van der Waals surface area contributed by atoms with Crippen LogP contribution in [0.15, 0.2) is 36.4 Å². The highest BCUT2D eigenvalue weighted by molar-refractivity contribution is 6.32. The zero-order valence-electron chi connectivity index (χ0n) is 9.91. The molecule has 0 heterocycles. The normalized spacial score (nSPS) is 10.2. The van der Waals surface area contributed by atoms with Crippen LogP contribution in [0.2, 0.25) is 5.02 Å². The first kappa shape index (κ1) is 13.8. The highest BCUT2D eigenvalue weighted by Gasteiger charge is 2.18. The summed E-state index contributed by atoms with van der Waals surface area (Å²) in [5, 5.41) is 29.5. The van der Waals surface area contributed by atoms with Gasteiger partial charge in [-0.05, 0) is 6.07 Å². The van der Waals surface area contributed by atoms with Gasteiger partial charge >= 0.3 is 0 Å². The number of aromatic hydroxyl groups is 2. The lowest BCUT2D eigenvalue weighted by Gasteiger charge is -2.06. The fraction of sp³-hybridized carbons (Fsp3) is 0. The minimum Gasteiger partial charge on any atom is -0.507 e. The van der Waals surface area contributed by atoms with Crippen LogP contribution >= 0.6 is 11.6 Å². The summed E-state index contributed by atoms with van der Waals surface area (Å²) in [6, 6.07) is 7.14. The van der Waals surface area contributed by atoms with Crippen LogP contribution in [0.25, 0.3) is 0 Å². The molecule has 0 saturated heterocycles. The summed E-state index contributed by atoms with van der Waals surface area (Å²) < 4.78 is 0. The van der Waals surface area contributed by atoms with Crippen molar-refractivity contribution in [3.8, 4) is 11.5 Å². The van der Waals surface area contributed by atoms with Crippen LogP contribution < -0.4 is 0 Å². The van der Waals surface area contributed by atoms with Gasteiger partial charge in [0, 0.05) is 23.8 Å². The van der Waals surface area contributed by atoms with Gasteiger partial charge in [-0.15, -0.1) is 0 Å². The molecular weight excluding hydrogens is 286 g/mol. The van der Waals surface area contributed by atoms with E-state index in [2.05, 4.69) is 0 Å². The highest BCUT2D eigenvalue weighted by atomic mass is 35.5. The van der Waals surface area contributed by atoms with Gasteiger partial charge in [-0.3, -0.25) is 14.9 Å². The fourth-order valence-electron chi connectivity index (χ4n) is 1.65. The van der Waals surface area contributed by atoms with E-state index in [9.17, 15) is 25.1 Å². The first-order valence-electron chi connectivity index (χ1n) is 5.41. The zero-order valence-corrected chi connectivity index (χ0v) is 10.7. The molecule has 0 spiro atoms. The summed E-state index contributed by atoms with van der Waals surface area (Å²) in [7, 11) is 0. The van der Waals surface area contributed by atoms with Gasteiger partial charge in [0.1, 0.15) is 11.5 Å². The Morgan fingerprint density at radius 1 is 1.15 bits per heavy atom. The Morgan fingerprint density at radius 2 is 1.85 bits per heavy atom. The molecule has 0 aliphatic heterocycles. The third kappa shape index (κ3) is 2.55. The molecule has 2 aromatic rings. The molecule has 102 valence electrons. The molecule has 0 saturated carbocycles. The van der Waals surface area contributed by atoms with Gasteiger partial charge < -0.3 is 10.2 Å². The monoisotopic (exact) mass is 293 g/mol. The number of carbonyl (C=O) groups is 1. The number of nitro benzene ring substituents is 1. The number of benzene rings is 2. The predicted molar refractivity (Wildman–Crippen MR) is 71.3 cm³/mol. The van der Waals surface area contributed by atoms with E-state index in [0.29, 0.717) is 0 Å². The largest absolute Gasteiger partial charge is 0.507 e. The molecule has 0 aromatic heterocycles. The van der Waals surface area contributed by atoms with Crippen molar-refractivity contribution in [3.05, 3.63) is 62.7 Å². The molecule has 0 fully saturated rings. The van der Waals surface area contributed by atoms with Crippen molar-refractivity contribution in [2.45, 2.75) is 0 Å². The summed E-state index contributed by atoms with van der Waals surface area (Å²) in [5.74, 6) is -1.45. The van der Waals surface area contributed by atoms with Crippen LogP contribution in [0.1, 0.15) is 15.9 Å². The summed E-state index contributed by atoms with van der Waals surface area (Å²) >= 11 is 5.68. The Morgan fingerprint density at radius 3 is 2.50 bits per heavy atom. The van der Waals surface area contributed by atoms with E-state index in [-0.39, 0.29) is 27.6 Å². The van der Waals surface area contributed by atoms with Gasteiger partial charge in [-0.1, -0.05) is 23.7 Å². The number of phenolic OH excluding ortho intramolecular Hbond substituents is 2. The Labute approximate surface area is 118 Å². The van der Waals surface area contributed by atoms with E-state index in [4.69, 9.17) is 11.6 Å². The predicted octanol–water partition coefficient (Wildman–Crippen LogP) is 2.89. The molecule has 2 aromatic carbocycles. The quantitative estimate of drug-likeness (QED) is 0.515. The fourth-order valence-corrected chi connectivity index (χ4v) is 1.81. The molecule has 0 aliphatic carbocycles. The lowest BCUT2D eigenvalue weighted by Crippen LogP contribution is -2.02. The smallest absolute Gasteiger partial charge is 0.270 e. The van der Waals surface area contributed by atoms with Gasteiger partial charge in [0.2, 0.25) is 0 Å². The first-order chi connectivity index (χ1) is 9.40. The van der Waals surface area contributed by atoms with Crippen LogP contribution in [-0.2, 0) is 0 Å². The minimum atomic E-state index is -0.631. The van der Waals surface area contributed by atoms with E-state index in [1.54, 1.807) is 0 Å². The maximum absolute atomic E-state index is 12.2. The summed E-state index contributed by atoms with van der Waals surface area (Å²) in [4.78, 5) is 22.2. The molecule has 20 heavy (non-hydrogen) atoms. The number of nitrogens with zero attached hydrogens (tertiary/aromatic N) is 1. The molecule has 7 heteroatoms. The molecule has 0 aliphatic rings. The highest BCUT2D eigenvalue weighted by Crippen LogP contribution is 2.32. The van der Waals surface area contributed by atoms with Gasteiger partial charge in [-0.2, -0.15) is 0 Å². The third-order valence-electron chi connectivity index (χ3n) is 2.63. The van der Waals surface area contributed by atoms with E-state index in [1.165, 1.54) is 18.2 Å². The van der Waals surface area contributed by atoms with Gasteiger partial charge in [0.05, 0.1) is 15.5 Å². The van der Waals surface area contributed by atoms with Crippen molar-refractivity contribution in [2.75, 3.05) is 0 Å². The number of carbonyl (C=O) groups excluding carboxylic acids is 1. The molecule has 0 atom stereocenters. The van der Waals surface area contributed by atoms with Crippen molar-refractivity contribution in [1.29, 1.82) is 0 Å². The standard InChI is InChI=1S/C13H8ClNO5/c14-10-5-9(11(16)6-12(10)17)13(18)7-2-1-3-8(4-7)15(19)20/h1-6,16-17H. The summed E-state index contributed by atoms with van der Waals surface area (Å²) in [5.41, 5.74) is -0.343. The average Bonchev–Trinajstić information content (AvgIpc) is 2.42. The molecule has 2 N–H and O–H groups in total. The lowest BCUT2D eigenvalue weighted by molar-refractivity contribution is -0.384. The Balaban J connectivity index is 2.49. The van der Waals surface area contributed by atoms with E-state index in [1.807, 2.05) is 0 Å². The second-order valence-corrected chi connectivity index (χ2v) is 4.36. The lowest BCUT2D eigenvalue weighted by atomic mass is 10.0. The maximum Gasteiger partial charge on any atom is 0.270 e. The number of hydrogen-bond acceptors (Lipinski definition) is 5. The molecule has 0 radical (unpaired) electrons. The van der Waals surface area contributed by atoms with Gasteiger partial charge in [0.25, 0.3) is 5.69 Å². The SMILES string of the molecule is O=C(c1cccc([N+](=O)[O-])c1)c1cc(Cl)c(O)cc1O. The zero-order chi connectivity index (χ0) is 14.9. The van der Waals surface area contributed by atoms with Crippen molar-refractivity contribution in [3.63, 3.8) is 0 Å². The van der Waals surface area contributed by atoms with Crippen LogP contribution in [0.3, 0.4) is 0 Å². The second kappa shape index (κ2) is 5.18. The molecule has 2 rings (SSSR count). The topological polar surface area (TPSA) is 101 Å². The minimum absolute atomic E-state index is 0.0382. The first-order valence-corrected chi connectivity index (χ1v) is 5.78. The van der Waals surface area contributed by atoms with Crippen LogP contribution in [0.5, 0.6) is 11.5 Å². The Kier molecular flexibility index (Phi) is 3.58. The maximum atomic E-state index is 12.2. The van der Waals surface area contributed by atoms with Gasteiger partial charge in [-0.25, -0.2) is 0 Å². The second-order valence-electron chi connectivity index (χ2n) is 3.96. The van der Waals surface area contributed by atoms with E-state index < -0.39 is 16.5 Å². The number of phenols is 2. The third-order valence-corrected chi connectivity index (χ3v) is 2.93. The van der Waals surface area contributed by atoms with E-state index >= 15 is 0 Å². The summed E-state index contributed by atoms with van der Waals surface area (Å²) in [6.07, 6.45) is 0. The Hall–Kier alpha value is -2.60. The molecule has 6 nitrogen and oxygen atoms in total. The van der Waals surface area contributed by atoms with Gasteiger partial charge in [0.15, 0.2) is 5.78 Å². The number of halogens is 1. The molecule has 0 unspecified atom stereocenters. The van der Waals surface area contributed by atoms with E-state index in [0.717, 1.165) is 18.2 Å². The molecule has 0 amide bonds.